The van der Waals surface area contributed by atoms with E-state index in [2.05, 4.69) is 55.7 Å². The molecule has 2 heterocycles. The number of hydrogen-bond acceptors (Lipinski definition) is 6. The van der Waals surface area contributed by atoms with Gasteiger partial charge in [0.05, 0.1) is 30.1 Å². The average Bonchev–Trinajstić information content (AvgIpc) is 3.45. The monoisotopic (exact) mass is 753 g/mol. The van der Waals surface area contributed by atoms with Crippen molar-refractivity contribution >= 4 is 68.2 Å². The highest BCUT2D eigenvalue weighted by Crippen LogP contribution is 2.34. The van der Waals surface area contributed by atoms with E-state index in [1.165, 1.54) is 0 Å². The highest BCUT2D eigenvalue weighted by Gasteiger charge is 2.16. The van der Waals surface area contributed by atoms with Crippen LogP contribution in [0.5, 0.6) is 17.2 Å². The molecule has 7 nitrogen and oxygen atoms in total. The van der Waals surface area contributed by atoms with Crippen LogP contribution in [0.3, 0.4) is 0 Å². The number of hydrogen-bond donors (Lipinski definition) is 1. The molecule has 0 bridgehead atoms. The summed E-state index contributed by atoms with van der Waals surface area (Å²) in [6.07, 6.45) is 1.63. The molecule has 0 saturated carbocycles. The van der Waals surface area contributed by atoms with E-state index in [0.29, 0.717) is 12.2 Å². The number of nitrogens with one attached hydrogen (secondary N) is 1. The predicted molar refractivity (Wildman–Crippen MR) is 171 cm³/mol. The molecule has 1 aliphatic rings. The fourth-order valence-electron chi connectivity index (χ4n) is 4.32. The number of benzene rings is 4. The largest absolute Gasteiger partial charge is 0.487 e. The molecular formula is C31H21I2N3O4. The van der Waals surface area contributed by atoms with E-state index in [4.69, 9.17) is 19.2 Å². The van der Waals surface area contributed by atoms with E-state index in [1.807, 2.05) is 84.9 Å². The number of carbonyl (C=O) groups is 1. The minimum atomic E-state index is -0.305. The van der Waals surface area contributed by atoms with Gasteiger partial charge in [-0.1, -0.05) is 54.6 Å². The first kappa shape index (κ1) is 26.5. The first-order valence-electron chi connectivity index (χ1n) is 12.3. The van der Waals surface area contributed by atoms with Crippen LogP contribution in [0.15, 0.2) is 96.1 Å². The minimum Gasteiger partial charge on any atom is -0.487 e. The molecule has 1 aromatic heterocycles. The second-order valence-electron chi connectivity index (χ2n) is 8.93. The van der Waals surface area contributed by atoms with E-state index in [0.717, 1.165) is 57.7 Å². The van der Waals surface area contributed by atoms with Gasteiger partial charge in [-0.15, -0.1) is 0 Å². The molecule has 0 atom stereocenters. The highest BCUT2D eigenvalue weighted by molar-refractivity contribution is 14.1. The zero-order valence-electron chi connectivity index (χ0n) is 20.9. The molecule has 4 aromatic carbocycles. The summed E-state index contributed by atoms with van der Waals surface area (Å²) >= 11 is 4.49. The van der Waals surface area contributed by atoms with Crippen molar-refractivity contribution in [3.8, 4) is 28.5 Å². The molecule has 5 aromatic rings. The minimum absolute atomic E-state index is 0.243. The van der Waals surface area contributed by atoms with Crippen LogP contribution >= 0.6 is 45.2 Å². The number of nitrogens with zero attached hydrogens (tertiary/aromatic N) is 2. The number of hydrazone groups is 1. The topological polar surface area (TPSA) is 82.0 Å². The lowest BCUT2D eigenvalue weighted by Gasteiger charge is -2.12. The Morgan fingerprint density at radius 3 is 2.50 bits per heavy atom. The average molecular weight is 753 g/mol. The van der Waals surface area contributed by atoms with Crippen molar-refractivity contribution < 1.29 is 19.0 Å². The van der Waals surface area contributed by atoms with Crippen LogP contribution in [0.4, 0.5) is 0 Å². The highest BCUT2D eigenvalue weighted by atomic mass is 127. The second-order valence-corrected chi connectivity index (χ2v) is 11.3. The number of amides is 1. The molecule has 9 heteroatoms. The molecule has 1 aliphatic heterocycles. The number of fused-ring (bicyclic) bond motifs is 2. The molecule has 0 radical (unpaired) electrons. The number of halogens is 2. The molecule has 198 valence electrons. The maximum absolute atomic E-state index is 13.2. The Morgan fingerprint density at radius 2 is 1.68 bits per heavy atom. The van der Waals surface area contributed by atoms with E-state index in [-0.39, 0.29) is 12.7 Å². The van der Waals surface area contributed by atoms with E-state index < -0.39 is 0 Å². The Kier molecular flexibility index (Phi) is 7.82. The summed E-state index contributed by atoms with van der Waals surface area (Å²) in [7, 11) is 0. The van der Waals surface area contributed by atoms with Crippen LogP contribution in [0, 0.1) is 7.14 Å². The Labute approximate surface area is 257 Å². The third-order valence-corrected chi connectivity index (χ3v) is 7.85. The molecule has 0 unspecified atom stereocenters. The van der Waals surface area contributed by atoms with Gasteiger partial charge in [-0.25, -0.2) is 10.4 Å². The van der Waals surface area contributed by atoms with Crippen LogP contribution in [0.2, 0.25) is 0 Å². The van der Waals surface area contributed by atoms with Crippen molar-refractivity contribution in [3.63, 3.8) is 0 Å². The molecule has 6 rings (SSSR count). The fraction of sp³-hybridized carbons (Fsp3) is 0.0645. The fourth-order valence-corrected chi connectivity index (χ4v) is 6.45. The first-order valence-corrected chi connectivity index (χ1v) is 14.5. The molecule has 0 spiro atoms. The second kappa shape index (κ2) is 11.8. The van der Waals surface area contributed by atoms with Gasteiger partial charge in [0.25, 0.3) is 5.91 Å². The van der Waals surface area contributed by atoms with Crippen molar-refractivity contribution in [1.82, 2.24) is 10.4 Å². The molecule has 0 aliphatic carbocycles. The van der Waals surface area contributed by atoms with Crippen molar-refractivity contribution in [1.29, 1.82) is 0 Å². The lowest BCUT2D eigenvalue weighted by molar-refractivity contribution is 0.0956. The van der Waals surface area contributed by atoms with Crippen LogP contribution in [0.1, 0.15) is 21.5 Å². The van der Waals surface area contributed by atoms with Crippen molar-refractivity contribution in [2.24, 2.45) is 5.10 Å². The molecule has 40 heavy (non-hydrogen) atoms. The summed E-state index contributed by atoms with van der Waals surface area (Å²) in [6.45, 7) is 0.643. The van der Waals surface area contributed by atoms with Crippen LogP contribution in [-0.4, -0.2) is 23.9 Å². The zero-order chi connectivity index (χ0) is 27.5. The maximum atomic E-state index is 13.2. The van der Waals surface area contributed by atoms with E-state index >= 15 is 0 Å². The molecular weight excluding hydrogens is 732 g/mol. The number of rotatable bonds is 7. The Balaban J connectivity index is 1.17. The first-order chi connectivity index (χ1) is 19.5. The maximum Gasteiger partial charge on any atom is 0.272 e. The van der Waals surface area contributed by atoms with Gasteiger partial charge in [-0.05, 0) is 92.7 Å². The lowest BCUT2D eigenvalue weighted by Crippen LogP contribution is -2.18. The summed E-state index contributed by atoms with van der Waals surface area (Å²) in [5.41, 5.74) is 7.45. The predicted octanol–water partition coefficient (Wildman–Crippen LogP) is 7.18. The van der Waals surface area contributed by atoms with Gasteiger partial charge in [0.1, 0.15) is 12.4 Å². The summed E-state index contributed by atoms with van der Waals surface area (Å²) in [5.74, 6) is 1.96. The van der Waals surface area contributed by atoms with Gasteiger partial charge in [0, 0.05) is 10.9 Å². The molecule has 0 fully saturated rings. The number of ether oxygens (including phenoxy) is 3. The Morgan fingerprint density at radius 1 is 0.925 bits per heavy atom. The van der Waals surface area contributed by atoms with Gasteiger partial charge in [0.15, 0.2) is 11.5 Å². The van der Waals surface area contributed by atoms with E-state index in [9.17, 15) is 4.79 Å². The lowest BCUT2D eigenvalue weighted by atomic mass is 10.0. The zero-order valence-corrected chi connectivity index (χ0v) is 25.3. The van der Waals surface area contributed by atoms with Crippen molar-refractivity contribution in [2.75, 3.05) is 6.79 Å². The van der Waals surface area contributed by atoms with Crippen LogP contribution < -0.4 is 19.6 Å². The molecule has 1 N–H and O–H groups in total. The van der Waals surface area contributed by atoms with Gasteiger partial charge >= 0.3 is 0 Å². The van der Waals surface area contributed by atoms with Crippen molar-refractivity contribution in [3.05, 3.63) is 115 Å². The summed E-state index contributed by atoms with van der Waals surface area (Å²) in [4.78, 5) is 18.0. The third kappa shape index (κ3) is 5.75. The van der Waals surface area contributed by atoms with Gasteiger partial charge in [-0.2, -0.15) is 5.10 Å². The smallest absolute Gasteiger partial charge is 0.272 e. The summed E-state index contributed by atoms with van der Waals surface area (Å²) < 4.78 is 18.8. The number of para-hydroxylation sites is 1. The normalized spacial score (nSPS) is 12.2. The quantitative estimate of drug-likeness (QED) is 0.108. The van der Waals surface area contributed by atoms with Crippen LogP contribution in [0.25, 0.3) is 22.2 Å². The Hall–Kier alpha value is -3.71. The summed E-state index contributed by atoms with van der Waals surface area (Å²) in [6, 6.07) is 28.9. The third-order valence-electron chi connectivity index (χ3n) is 6.25. The van der Waals surface area contributed by atoms with Crippen molar-refractivity contribution in [2.45, 2.75) is 6.61 Å². The standard InChI is InChI=1S/C31H21I2N3O4/c32-24-12-20(13-25(33)30(24)38-17-19-10-11-28-29(14-19)40-18-39-28)16-34-36-31(37)23-15-27(21-6-2-1-3-7-21)35-26-9-5-4-8-22(23)26/h1-16H,17-18H2,(H,36,37)/b34-16+. The Bertz CT molecular complexity index is 1740. The van der Waals surface area contributed by atoms with Crippen LogP contribution in [-0.2, 0) is 6.61 Å². The van der Waals surface area contributed by atoms with Gasteiger partial charge < -0.3 is 14.2 Å². The molecule has 1 amide bonds. The number of aromatic nitrogens is 1. The summed E-state index contributed by atoms with van der Waals surface area (Å²) in [5, 5.41) is 5.01. The number of carbonyl (C=O) groups excluding carboxylic acids is 1. The van der Waals surface area contributed by atoms with Gasteiger partial charge in [-0.3, -0.25) is 4.79 Å². The molecule has 0 saturated heterocycles. The van der Waals surface area contributed by atoms with E-state index in [1.54, 1.807) is 12.3 Å². The SMILES string of the molecule is O=C(N/N=C/c1cc(I)c(OCc2ccc3c(c2)OCO3)c(I)c1)c1cc(-c2ccccc2)nc2ccccc12. The van der Waals surface area contributed by atoms with Gasteiger partial charge in [0.2, 0.25) is 6.79 Å². The number of pyridine rings is 1.